The summed E-state index contributed by atoms with van der Waals surface area (Å²) in [7, 11) is 0. The molecule has 2 N–H and O–H groups in total. The molecule has 0 spiro atoms. The number of Topliss-reactive ketones (excluding diaryl/α,β-unsaturated/α-hetero) is 1. The summed E-state index contributed by atoms with van der Waals surface area (Å²) in [6.07, 6.45) is 0. The summed E-state index contributed by atoms with van der Waals surface area (Å²) in [6.45, 7) is 1.93. The van der Waals surface area contributed by atoms with Gasteiger partial charge < -0.3 is 5.11 Å². The maximum absolute atomic E-state index is 11.7. The van der Waals surface area contributed by atoms with Crippen molar-refractivity contribution < 1.29 is 9.90 Å². The van der Waals surface area contributed by atoms with E-state index in [-0.39, 0.29) is 16.7 Å². The van der Waals surface area contributed by atoms with E-state index in [0.29, 0.717) is 11.1 Å². The molecule has 1 aromatic carbocycles. The molecular formula is C15H8N4O2. The van der Waals surface area contributed by atoms with Gasteiger partial charge in [-0.1, -0.05) is 12.1 Å². The van der Waals surface area contributed by atoms with Gasteiger partial charge in [0.2, 0.25) is 5.78 Å². The molecule has 1 heterocycles. The molecule has 0 unspecified atom stereocenters. The fourth-order valence-corrected chi connectivity index (χ4v) is 2.33. The molecule has 1 aliphatic rings. The van der Waals surface area contributed by atoms with E-state index in [1.807, 2.05) is 25.1 Å². The Labute approximate surface area is 119 Å². The molecule has 1 aliphatic carbocycles. The number of aryl methyl sites for hydroxylation is 1. The van der Waals surface area contributed by atoms with Crippen LogP contribution in [0.4, 0.5) is 0 Å². The number of aromatic nitrogens is 2. The first-order valence-electron chi connectivity index (χ1n) is 6.06. The van der Waals surface area contributed by atoms with Crippen LogP contribution in [0.1, 0.15) is 11.3 Å². The molecule has 0 amide bonds. The van der Waals surface area contributed by atoms with Crippen molar-refractivity contribution in [2.24, 2.45) is 0 Å². The minimum Gasteiger partial charge on any atom is -0.504 e. The van der Waals surface area contributed by atoms with Gasteiger partial charge in [-0.05, 0) is 18.6 Å². The van der Waals surface area contributed by atoms with Crippen molar-refractivity contribution in [2.45, 2.75) is 6.92 Å². The molecule has 0 saturated carbocycles. The number of hydrogen-bond acceptors (Lipinski definition) is 5. The van der Waals surface area contributed by atoms with Crippen LogP contribution in [0.3, 0.4) is 0 Å². The fourth-order valence-electron chi connectivity index (χ4n) is 2.33. The number of carbonyl (C=O) groups excluding carboxylic acids is 1. The summed E-state index contributed by atoms with van der Waals surface area (Å²) in [5.74, 6) is -1.17. The number of fused-ring (bicyclic) bond motifs is 1. The first kappa shape index (κ1) is 12.6. The van der Waals surface area contributed by atoms with Gasteiger partial charge in [-0.2, -0.15) is 15.6 Å². The Bertz CT molecular complexity index is 932. The van der Waals surface area contributed by atoms with Gasteiger partial charge in [-0.15, -0.1) is 0 Å². The van der Waals surface area contributed by atoms with E-state index >= 15 is 0 Å². The van der Waals surface area contributed by atoms with E-state index in [2.05, 4.69) is 10.2 Å². The van der Waals surface area contributed by atoms with Gasteiger partial charge in [0.05, 0.1) is 16.7 Å². The molecule has 0 aliphatic heterocycles. The van der Waals surface area contributed by atoms with Crippen LogP contribution in [0, 0.1) is 29.6 Å². The van der Waals surface area contributed by atoms with Gasteiger partial charge in [-0.25, -0.2) is 0 Å². The lowest BCUT2D eigenvalue weighted by atomic mass is 9.81. The molecule has 0 fully saturated rings. The molecule has 0 saturated heterocycles. The summed E-state index contributed by atoms with van der Waals surface area (Å²) >= 11 is 0. The Kier molecular flexibility index (Phi) is 2.60. The summed E-state index contributed by atoms with van der Waals surface area (Å²) in [6, 6.07) is 8.90. The second-order valence-electron chi connectivity index (χ2n) is 4.65. The van der Waals surface area contributed by atoms with Crippen LogP contribution in [-0.4, -0.2) is 21.1 Å². The SMILES string of the molecule is Cc1ccc2c(C3=C(O)C(=O)C3=C(C#N)C#N)n[nH]c2c1. The number of rotatable bonds is 1. The van der Waals surface area contributed by atoms with E-state index in [1.54, 1.807) is 12.1 Å². The van der Waals surface area contributed by atoms with Crippen molar-refractivity contribution in [3.8, 4) is 12.1 Å². The number of nitrogens with zero attached hydrogens (tertiary/aromatic N) is 3. The Morgan fingerprint density at radius 3 is 2.71 bits per heavy atom. The topological polar surface area (TPSA) is 114 Å². The summed E-state index contributed by atoms with van der Waals surface area (Å²) < 4.78 is 0. The monoisotopic (exact) mass is 276 g/mol. The Balaban J connectivity index is 2.29. The molecule has 1 aromatic heterocycles. The smallest absolute Gasteiger partial charge is 0.230 e. The highest BCUT2D eigenvalue weighted by molar-refractivity contribution is 6.32. The number of H-pyrrole nitrogens is 1. The number of aromatic amines is 1. The predicted molar refractivity (Wildman–Crippen MR) is 73.6 cm³/mol. The van der Waals surface area contributed by atoms with Crippen molar-refractivity contribution in [2.75, 3.05) is 0 Å². The minimum atomic E-state index is -0.702. The van der Waals surface area contributed by atoms with Crippen molar-refractivity contribution >= 4 is 22.3 Å². The molecule has 21 heavy (non-hydrogen) atoms. The van der Waals surface area contributed by atoms with Crippen molar-refractivity contribution in [1.82, 2.24) is 10.2 Å². The first-order valence-corrected chi connectivity index (χ1v) is 6.06. The van der Waals surface area contributed by atoms with Crippen LogP contribution in [0.15, 0.2) is 35.1 Å². The molecule has 0 bridgehead atoms. The number of aliphatic hydroxyl groups is 1. The van der Waals surface area contributed by atoms with E-state index in [4.69, 9.17) is 10.5 Å². The second kappa shape index (κ2) is 4.32. The zero-order valence-electron chi connectivity index (χ0n) is 10.9. The van der Waals surface area contributed by atoms with Gasteiger partial charge in [0.15, 0.2) is 5.76 Å². The van der Waals surface area contributed by atoms with Gasteiger partial charge >= 0.3 is 0 Å². The molecule has 0 atom stereocenters. The van der Waals surface area contributed by atoms with Gasteiger partial charge in [0.1, 0.15) is 23.4 Å². The molecular weight excluding hydrogens is 268 g/mol. The third-order valence-corrected chi connectivity index (χ3v) is 3.36. The third-order valence-electron chi connectivity index (χ3n) is 3.36. The quantitative estimate of drug-likeness (QED) is 0.611. The van der Waals surface area contributed by atoms with Crippen LogP contribution in [0.2, 0.25) is 0 Å². The first-order chi connectivity index (χ1) is 10.1. The van der Waals surface area contributed by atoms with Crippen LogP contribution in [0.5, 0.6) is 0 Å². The number of allylic oxidation sites excluding steroid dienone is 3. The maximum Gasteiger partial charge on any atom is 0.230 e. The van der Waals surface area contributed by atoms with Crippen LogP contribution in [0.25, 0.3) is 16.5 Å². The molecule has 0 radical (unpaired) electrons. The second-order valence-corrected chi connectivity index (χ2v) is 4.65. The maximum atomic E-state index is 11.7. The van der Waals surface area contributed by atoms with Crippen LogP contribution < -0.4 is 0 Å². The number of aliphatic hydroxyl groups excluding tert-OH is 1. The van der Waals surface area contributed by atoms with Crippen molar-refractivity contribution in [3.05, 3.63) is 46.4 Å². The van der Waals surface area contributed by atoms with E-state index < -0.39 is 11.5 Å². The molecule has 2 aromatic rings. The zero-order valence-corrected chi connectivity index (χ0v) is 10.9. The van der Waals surface area contributed by atoms with E-state index in [1.165, 1.54) is 0 Å². The zero-order chi connectivity index (χ0) is 15.1. The number of ketones is 1. The third kappa shape index (κ3) is 1.63. The van der Waals surface area contributed by atoms with Crippen molar-refractivity contribution in [1.29, 1.82) is 10.5 Å². The summed E-state index contributed by atoms with van der Waals surface area (Å²) in [5, 5.41) is 35.2. The lowest BCUT2D eigenvalue weighted by Gasteiger charge is -2.20. The average Bonchev–Trinajstić information content (AvgIpc) is 2.89. The highest BCUT2D eigenvalue weighted by Crippen LogP contribution is 2.40. The molecule has 6 heteroatoms. The van der Waals surface area contributed by atoms with Gasteiger partial charge in [-0.3, -0.25) is 9.89 Å². The Hall–Kier alpha value is -3.38. The lowest BCUT2D eigenvalue weighted by molar-refractivity contribution is -0.115. The number of carbonyl (C=O) groups is 1. The largest absolute Gasteiger partial charge is 0.504 e. The number of hydrogen-bond donors (Lipinski definition) is 2. The summed E-state index contributed by atoms with van der Waals surface area (Å²) in [4.78, 5) is 11.7. The Morgan fingerprint density at radius 1 is 1.33 bits per heavy atom. The highest BCUT2D eigenvalue weighted by atomic mass is 16.3. The fraction of sp³-hybridized carbons (Fsp3) is 0.0667. The standard InChI is InChI=1S/C15H8N4O2/c1-7-2-3-9-10(4-7)18-19-13(9)12-11(8(5-16)6-17)14(20)15(12)21/h2-4,21H,1H3,(H,18,19). The molecule has 100 valence electrons. The molecule has 3 rings (SSSR count). The predicted octanol–water partition coefficient (Wildman–Crippen LogP) is 2.07. The van der Waals surface area contributed by atoms with E-state index in [9.17, 15) is 9.90 Å². The van der Waals surface area contributed by atoms with Crippen molar-refractivity contribution in [3.63, 3.8) is 0 Å². The van der Waals surface area contributed by atoms with E-state index in [0.717, 1.165) is 11.1 Å². The van der Waals surface area contributed by atoms with Crippen LogP contribution >= 0.6 is 0 Å². The minimum absolute atomic E-state index is 0.0773. The summed E-state index contributed by atoms with van der Waals surface area (Å²) in [5.41, 5.74) is 1.89. The number of nitrogens with one attached hydrogen (secondary N) is 1. The number of nitriles is 2. The van der Waals surface area contributed by atoms with Gasteiger partial charge in [0, 0.05) is 5.39 Å². The van der Waals surface area contributed by atoms with Crippen LogP contribution in [-0.2, 0) is 4.79 Å². The number of benzene rings is 1. The highest BCUT2D eigenvalue weighted by Gasteiger charge is 2.39. The molecule has 6 nitrogen and oxygen atoms in total. The van der Waals surface area contributed by atoms with Gasteiger partial charge in [0.25, 0.3) is 0 Å². The lowest BCUT2D eigenvalue weighted by Crippen LogP contribution is -2.23. The Morgan fingerprint density at radius 2 is 2.05 bits per heavy atom. The average molecular weight is 276 g/mol. The normalized spacial score (nSPS) is 13.9.